The molecule has 0 saturated carbocycles. The number of methoxy groups -OCH3 is 2. The molecule has 156 valence electrons. The van der Waals surface area contributed by atoms with Crippen LogP contribution < -0.4 is 14.8 Å². The van der Waals surface area contributed by atoms with Gasteiger partial charge in [-0.25, -0.2) is 0 Å². The Bertz CT molecular complexity index is 1010. The van der Waals surface area contributed by atoms with Gasteiger partial charge in [0.2, 0.25) is 5.91 Å². The third kappa shape index (κ3) is 5.00. The van der Waals surface area contributed by atoms with E-state index >= 15 is 0 Å². The summed E-state index contributed by atoms with van der Waals surface area (Å²) in [6, 6.07) is 15.8. The molecule has 0 aliphatic rings. The number of rotatable bonds is 8. The lowest BCUT2D eigenvalue weighted by Crippen LogP contribution is -2.37. The zero-order valence-corrected chi connectivity index (χ0v) is 17.2. The first-order valence-corrected chi connectivity index (χ1v) is 9.41. The van der Waals surface area contributed by atoms with Gasteiger partial charge >= 0.3 is 0 Å². The van der Waals surface area contributed by atoms with Crippen LogP contribution in [0.3, 0.4) is 0 Å². The highest BCUT2D eigenvalue weighted by atomic mass is 16.5. The molecule has 0 atom stereocenters. The second-order valence-corrected chi connectivity index (χ2v) is 6.67. The Balaban J connectivity index is 1.81. The molecule has 1 N–H and O–H groups in total. The lowest BCUT2D eigenvalue weighted by Gasteiger charge is -2.22. The van der Waals surface area contributed by atoms with Crippen molar-refractivity contribution >= 4 is 17.5 Å². The molecule has 0 aliphatic carbocycles. The second kappa shape index (κ2) is 9.65. The fraction of sp³-hybridized carbons (Fsp3) is 0.217. The topological polar surface area (TPSA) is 81.0 Å². The van der Waals surface area contributed by atoms with Crippen molar-refractivity contribution in [2.45, 2.75) is 13.5 Å². The van der Waals surface area contributed by atoms with Gasteiger partial charge in [-0.2, -0.15) is 0 Å². The molecular weight excluding hydrogens is 384 g/mol. The maximum absolute atomic E-state index is 13.2. The van der Waals surface area contributed by atoms with Gasteiger partial charge in [0, 0.05) is 5.56 Å². The highest BCUT2D eigenvalue weighted by Crippen LogP contribution is 2.24. The second-order valence-electron chi connectivity index (χ2n) is 6.67. The number of hydrogen-bond donors (Lipinski definition) is 1. The summed E-state index contributed by atoms with van der Waals surface area (Å²) in [7, 11) is 3.08. The maximum Gasteiger partial charge on any atom is 0.254 e. The summed E-state index contributed by atoms with van der Waals surface area (Å²) in [5.41, 5.74) is 1.88. The van der Waals surface area contributed by atoms with E-state index in [1.165, 1.54) is 18.3 Å². The summed E-state index contributed by atoms with van der Waals surface area (Å²) in [4.78, 5) is 27.3. The van der Waals surface area contributed by atoms with E-state index < -0.39 is 0 Å². The van der Waals surface area contributed by atoms with Gasteiger partial charge in [0.1, 0.15) is 23.8 Å². The van der Waals surface area contributed by atoms with Gasteiger partial charge in [0.05, 0.1) is 32.7 Å². The Morgan fingerprint density at radius 3 is 2.47 bits per heavy atom. The molecule has 0 unspecified atom stereocenters. The first-order chi connectivity index (χ1) is 14.5. The number of ether oxygens (including phenoxy) is 2. The van der Waals surface area contributed by atoms with Crippen LogP contribution in [0, 0.1) is 6.92 Å². The van der Waals surface area contributed by atoms with Gasteiger partial charge in [-0.05, 0) is 48.9 Å². The molecule has 2 amide bonds. The minimum atomic E-state index is -0.349. The molecule has 0 radical (unpaired) electrons. The van der Waals surface area contributed by atoms with Crippen molar-refractivity contribution < 1.29 is 23.5 Å². The van der Waals surface area contributed by atoms with Gasteiger partial charge < -0.3 is 24.1 Å². The number of carbonyl (C=O) groups is 2. The standard InChI is InChI=1S/C23H24N2O5/c1-16-10-11-17(13-21(16)29-3)23(27)25(14-18-7-6-12-30-18)15-22(26)24-19-8-4-5-9-20(19)28-2/h4-13H,14-15H2,1-3H3,(H,24,26). The van der Waals surface area contributed by atoms with Crippen LogP contribution in [-0.2, 0) is 11.3 Å². The summed E-state index contributed by atoms with van der Waals surface area (Å²) in [5.74, 6) is 1.07. The summed E-state index contributed by atoms with van der Waals surface area (Å²) >= 11 is 0. The Hall–Kier alpha value is -3.74. The number of anilines is 1. The molecule has 30 heavy (non-hydrogen) atoms. The van der Waals surface area contributed by atoms with E-state index in [-0.39, 0.29) is 24.9 Å². The van der Waals surface area contributed by atoms with Crippen molar-refractivity contribution in [3.8, 4) is 11.5 Å². The number of aryl methyl sites for hydroxylation is 1. The fourth-order valence-corrected chi connectivity index (χ4v) is 3.04. The maximum atomic E-state index is 13.2. The molecule has 0 bridgehead atoms. The van der Waals surface area contributed by atoms with Crippen LogP contribution in [0.5, 0.6) is 11.5 Å². The average molecular weight is 408 g/mol. The van der Waals surface area contributed by atoms with Crippen LogP contribution in [0.15, 0.2) is 65.3 Å². The largest absolute Gasteiger partial charge is 0.496 e. The van der Waals surface area contributed by atoms with Gasteiger partial charge in [-0.15, -0.1) is 0 Å². The molecule has 1 aromatic heterocycles. The summed E-state index contributed by atoms with van der Waals surface area (Å²) in [6.45, 7) is 1.89. The van der Waals surface area contributed by atoms with Crippen molar-refractivity contribution in [1.29, 1.82) is 0 Å². The number of nitrogens with zero attached hydrogens (tertiary/aromatic N) is 1. The third-order valence-electron chi connectivity index (χ3n) is 4.58. The van der Waals surface area contributed by atoms with E-state index in [1.54, 1.807) is 49.6 Å². The molecule has 7 heteroatoms. The summed E-state index contributed by atoms with van der Waals surface area (Å²) in [5, 5.41) is 2.80. The van der Waals surface area contributed by atoms with Crippen molar-refractivity contribution in [3.63, 3.8) is 0 Å². The predicted octanol–water partition coefficient (Wildman–Crippen LogP) is 3.89. The number of amides is 2. The number of para-hydroxylation sites is 2. The lowest BCUT2D eigenvalue weighted by atomic mass is 10.1. The Morgan fingerprint density at radius 1 is 1.00 bits per heavy atom. The summed E-state index contributed by atoms with van der Waals surface area (Å²) in [6.07, 6.45) is 1.53. The van der Waals surface area contributed by atoms with E-state index in [0.29, 0.717) is 28.5 Å². The molecule has 0 aliphatic heterocycles. The number of benzene rings is 2. The van der Waals surface area contributed by atoms with Crippen LogP contribution in [-0.4, -0.2) is 37.5 Å². The van der Waals surface area contributed by atoms with Gasteiger partial charge in [-0.3, -0.25) is 9.59 Å². The predicted molar refractivity (Wildman–Crippen MR) is 113 cm³/mol. The monoisotopic (exact) mass is 408 g/mol. The zero-order valence-electron chi connectivity index (χ0n) is 17.2. The van der Waals surface area contributed by atoms with Crippen LogP contribution in [0.4, 0.5) is 5.69 Å². The third-order valence-corrected chi connectivity index (χ3v) is 4.58. The van der Waals surface area contributed by atoms with Crippen LogP contribution in [0.1, 0.15) is 21.7 Å². The fourth-order valence-electron chi connectivity index (χ4n) is 3.04. The molecule has 7 nitrogen and oxygen atoms in total. The SMILES string of the molecule is COc1cc(C(=O)N(CC(=O)Nc2ccccc2OC)Cc2ccco2)ccc1C. The molecule has 2 aromatic carbocycles. The van der Waals surface area contributed by atoms with Crippen molar-refractivity contribution in [2.75, 3.05) is 26.1 Å². The van der Waals surface area contributed by atoms with Crippen molar-refractivity contribution in [3.05, 3.63) is 77.7 Å². The number of carbonyl (C=O) groups excluding carboxylic acids is 2. The average Bonchev–Trinajstić information content (AvgIpc) is 3.26. The van der Waals surface area contributed by atoms with E-state index in [1.807, 2.05) is 19.1 Å². The molecule has 0 spiro atoms. The first-order valence-electron chi connectivity index (χ1n) is 9.41. The summed E-state index contributed by atoms with van der Waals surface area (Å²) < 4.78 is 16.0. The van der Waals surface area contributed by atoms with Crippen molar-refractivity contribution in [2.24, 2.45) is 0 Å². The lowest BCUT2D eigenvalue weighted by molar-refractivity contribution is -0.117. The highest BCUT2D eigenvalue weighted by molar-refractivity contribution is 6.00. The smallest absolute Gasteiger partial charge is 0.254 e. The molecule has 0 fully saturated rings. The van der Waals surface area contributed by atoms with E-state index in [4.69, 9.17) is 13.9 Å². The molecular formula is C23H24N2O5. The molecule has 1 heterocycles. The number of hydrogen-bond acceptors (Lipinski definition) is 5. The van der Waals surface area contributed by atoms with Crippen molar-refractivity contribution in [1.82, 2.24) is 4.90 Å². The molecule has 3 aromatic rings. The Kier molecular flexibility index (Phi) is 6.75. The van der Waals surface area contributed by atoms with Gasteiger partial charge in [0.15, 0.2) is 0 Å². The van der Waals surface area contributed by atoms with Gasteiger partial charge in [0.25, 0.3) is 5.91 Å². The van der Waals surface area contributed by atoms with Crippen LogP contribution in [0.25, 0.3) is 0 Å². The minimum absolute atomic E-state index is 0.154. The quantitative estimate of drug-likeness (QED) is 0.612. The highest BCUT2D eigenvalue weighted by Gasteiger charge is 2.22. The number of furan rings is 1. The molecule has 0 saturated heterocycles. The minimum Gasteiger partial charge on any atom is -0.496 e. The number of nitrogens with one attached hydrogen (secondary N) is 1. The normalized spacial score (nSPS) is 10.4. The van der Waals surface area contributed by atoms with E-state index in [2.05, 4.69) is 5.32 Å². The Morgan fingerprint density at radius 2 is 1.77 bits per heavy atom. The zero-order chi connectivity index (χ0) is 21.5. The van der Waals surface area contributed by atoms with Gasteiger partial charge in [-0.1, -0.05) is 18.2 Å². The van der Waals surface area contributed by atoms with Crippen LogP contribution in [0.2, 0.25) is 0 Å². The van der Waals surface area contributed by atoms with E-state index in [0.717, 1.165) is 5.56 Å². The van der Waals surface area contributed by atoms with E-state index in [9.17, 15) is 9.59 Å². The van der Waals surface area contributed by atoms with Crippen LogP contribution >= 0.6 is 0 Å². The molecule has 3 rings (SSSR count). The Labute approximate surface area is 175 Å². The first kappa shape index (κ1) is 21.0.